The molecule has 0 saturated heterocycles. The van der Waals surface area contributed by atoms with Crippen LogP contribution < -0.4 is 0 Å². The number of ketones is 1. The van der Waals surface area contributed by atoms with Crippen LogP contribution in [0.3, 0.4) is 0 Å². The van der Waals surface area contributed by atoms with Crippen LogP contribution >= 0.6 is 0 Å². The van der Waals surface area contributed by atoms with E-state index < -0.39 is 35.0 Å². The van der Waals surface area contributed by atoms with E-state index in [0.29, 0.717) is 12.3 Å². The van der Waals surface area contributed by atoms with E-state index in [4.69, 9.17) is 13.6 Å². The summed E-state index contributed by atoms with van der Waals surface area (Å²) < 4.78 is 59.1. The lowest BCUT2D eigenvalue weighted by molar-refractivity contribution is -0.242. The van der Waals surface area contributed by atoms with Crippen molar-refractivity contribution in [1.82, 2.24) is 0 Å². The topological polar surface area (TPSA) is 44.8 Å². The second kappa shape index (κ2) is 11.9. The predicted octanol–water partition coefficient (Wildman–Crippen LogP) is 9.22. The summed E-state index contributed by atoms with van der Waals surface area (Å²) in [6.07, 6.45) is 6.61. The Hall–Kier alpha value is -0.486. The van der Waals surface area contributed by atoms with Crippen LogP contribution in [0.4, 0.5) is 13.2 Å². The van der Waals surface area contributed by atoms with E-state index in [2.05, 4.69) is 79.9 Å². The Kier molecular flexibility index (Phi) is 10.1. The number of alkyl halides is 3. The van der Waals surface area contributed by atoms with Gasteiger partial charge in [0.2, 0.25) is 0 Å². The molecule has 3 rings (SSSR count). The van der Waals surface area contributed by atoms with Crippen LogP contribution in [0.1, 0.15) is 92.9 Å². The van der Waals surface area contributed by atoms with E-state index in [1.165, 1.54) is 19.3 Å². The molecule has 0 unspecified atom stereocenters. The summed E-state index contributed by atoms with van der Waals surface area (Å²) in [4.78, 5) is 12.9. The summed E-state index contributed by atoms with van der Waals surface area (Å²) in [5.41, 5.74) is -1.36. The summed E-state index contributed by atoms with van der Waals surface area (Å²) in [7, 11) is -4.24. The smallest absolute Gasteiger partial charge is 0.411 e. The Morgan fingerprint density at radius 3 is 2.00 bits per heavy atom. The molecule has 0 aromatic carbocycles. The predicted molar refractivity (Wildman–Crippen MR) is 160 cm³/mol. The van der Waals surface area contributed by atoms with Crippen molar-refractivity contribution >= 4 is 22.4 Å². The van der Waals surface area contributed by atoms with Crippen LogP contribution in [-0.4, -0.2) is 53.0 Å². The van der Waals surface area contributed by atoms with Crippen LogP contribution in [0.2, 0.25) is 36.3 Å². The molecule has 0 bridgehead atoms. The normalized spacial score (nSPS) is 30.3. The van der Waals surface area contributed by atoms with Crippen LogP contribution in [-0.2, 0) is 18.4 Å². The Bertz CT molecular complexity index is 913. The van der Waals surface area contributed by atoms with Gasteiger partial charge in [0.1, 0.15) is 12.2 Å². The second-order valence-electron chi connectivity index (χ2n) is 15.7. The van der Waals surface area contributed by atoms with E-state index in [0.717, 1.165) is 12.8 Å². The zero-order valence-electron chi connectivity index (χ0n) is 26.7. The van der Waals surface area contributed by atoms with Crippen molar-refractivity contribution in [2.45, 2.75) is 153 Å². The SMILES string of the molecule is CC(C)(C)[Si](C)(C)O[C@@H](/C=C/[C@@H]1[C@@H](O[Si](C)(C)C(C)(C)C)CC[C@@]2(OCC(F)(F)F)C(=O)C[C@@H]12)C1CCCCC1. The van der Waals surface area contributed by atoms with E-state index in [-0.39, 0.29) is 52.7 Å². The number of halogens is 3. The van der Waals surface area contributed by atoms with Gasteiger partial charge in [-0.15, -0.1) is 0 Å². The molecule has 40 heavy (non-hydrogen) atoms. The highest BCUT2D eigenvalue weighted by atomic mass is 28.4. The van der Waals surface area contributed by atoms with Crippen LogP contribution in [0.5, 0.6) is 0 Å². The Labute approximate surface area is 243 Å². The lowest BCUT2D eigenvalue weighted by Gasteiger charge is -2.56. The van der Waals surface area contributed by atoms with Gasteiger partial charge in [-0.1, -0.05) is 73.0 Å². The van der Waals surface area contributed by atoms with Crippen molar-refractivity contribution < 1.29 is 31.6 Å². The van der Waals surface area contributed by atoms with Gasteiger partial charge in [-0.3, -0.25) is 4.79 Å². The lowest BCUT2D eigenvalue weighted by atomic mass is 9.55. The quantitative estimate of drug-likeness (QED) is 0.194. The first-order valence-corrected chi connectivity index (χ1v) is 21.2. The number of fused-ring (bicyclic) bond motifs is 1. The minimum Gasteiger partial charge on any atom is -0.413 e. The minimum absolute atomic E-state index is 0.00586. The molecule has 0 aliphatic heterocycles. The Morgan fingerprint density at radius 1 is 0.925 bits per heavy atom. The molecule has 0 heterocycles. The lowest BCUT2D eigenvalue weighted by Crippen LogP contribution is -2.66. The summed E-state index contributed by atoms with van der Waals surface area (Å²) in [5, 5.41) is 0.0572. The van der Waals surface area contributed by atoms with E-state index >= 15 is 0 Å². The summed E-state index contributed by atoms with van der Waals surface area (Å²) in [6.45, 7) is 20.9. The average Bonchev–Trinajstić information content (AvgIpc) is 2.80. The first-order chi connectivity index (χ1) is 18.1. The summed E-state index contributed by atoms with van der Waals surface area (Å²) >= 11 is 0. The zero-order chi connectivity index (χ0) is 30.4. The molecule has 3 fully saturated rings. The van der Waals surface area contributed by atoms with Crippen molar-refractivity contribution in [2.75, 3.05) is 6.61 Å². The molecule has 9 heteroatoms. The monoisotopic (exact) mass is 604 g/mol. The number of carbonyl (C=O) groups is 1. The van der Waals surface area contributed by atoms with Crippen molar-refractivity contribution in [1.29, 1.82) is 0 Å². The molecule has 4 nitrogen and oxygen atoms in total. The van der Waals surface area contributed by atoms with Gasteiger partial charge < -0.3 is 13.6 Å². The average molecular weight is 605 g/mol. The van der Waals surface area contributed by atoms with Crippen LogP contribution in [0.25, 0.3) is 0 Å². The molecule has 0 aromatic heterocycles. The first-order valence-electron chi connectivity index (χ1n) is 15.4. The third-order valence-electron chi connectivity index (χ3n) is 10.8. The molecule has 0 spiro atoms. The van der Waals surface area contributed by atoms with E-state index in [1.807, 2.05) is 0 Å². The van der Waals surface area contributed by atoms with E-state index in [9.17, 15) is 18.0 Å². The van der Waals surface area contributed by atoms with Gasteiger partial charge in [0.15, 0.2) is 22.4 Å². The van der Waals surface area contributed by atoms with E-state index in [1.54, 1.807) is 0 Å². The van der Waals surface area contributed by atoms with Gasteiger partial charge in [-0.25, -0.2) is 0 Å². The van der Waals surface area contributed by atoms with Crippen molar-refractivity contribution in [3.63, 3.8) is 0 Å². The molecule has 0 aromatic rings. The third kappa shape index (κ3) is 7.53. The number of ether oxygens (including phenoxy) is 1. The zero-order valence-corrected chi connectivity index (χ0v) is 28.7. The highest BCUT2D eigenvalue weighted by Crippen LogP contribution is 2.54. The van der Waals surface area contributed by atoms with Gasteiger partial charge in [0, 0.05) is 18.3 Å². The maximum absolute atomic E-state index is 13.2. The van der Waals surface area contributed by atoms with Gasteiger partial charge in [-0.05, 0) is 67.9 Å². The van der Waals surface area contributed by atoms with Gasteiger partial charge in [-0.2, -0.15) is 13.2 Å². The van der Waals surface area contributed by atoms with Gasteiger partial charge in [0.25, 0.3) is 0 Å². The minimum atomic E-state index is -4.47. The van der Waals surface area contributed by atoms with Crippen molar-refractivity contribution in [2.24, 2.45) is 17.8 Å². The van der Waals surface area contributed by atoms with Crippen molar-refractivity contribution in [3.8, 4) is 0 Å². The molecule has 0 radical (unpaired) electrons. The standard InChI is InChI=1S/C31H55F3O4Si2/c1-28(2,3)39(7,8)37-25(22-14-12-11-13-15-22)17-16-23-24-20-27(35)30(24,36-21-31(32,33)34)19-18-26(23)38-40(9,10)29(4,5)6/h16-17,22-26H,11-15,18-21H2,1-10H3/b17-16+/t23-,24-,25-,26-,30-/m0/s1. The molecule has 0 amide bonds. The summed E-state index contributed by atoms with van der Waals surface area (Å²) in [6, 6.07) is 0. The van der Waals surface area contributed by atoms with Crippen LogP contribution in [0.15, 0.2) is 12.2 Å². The fourth-order valence-corrected chi connectivity index (χ4v) is 8.81. The largest absolute Gasteiger partial charge is 0.413 e. The first kappa shape index (κ1) is 34.0. The maximum Gasteiger partial charge on any atom is 0.411 e. The molecular formula is C31H55F3O4Si2. The van der Waals surface area contributed by atoms with Crippen LogP contribution in [0, 0.1) is 17.8 Å². The Morgan fingerprint density at radius 2 is 1.50 bits per heavy atom. The van der Waals surface area contributed by atoms with Gasteiger partial charge in [0.05, 0.1) is 12.2 Å². The second-order valence-corrected chi connectivity index (χ2v) is 25.2. The molecule has 3 aliphatic rings. The number of hydrogen-bond donors (Lipinski definition) is 0. The van der Waals surface area contributed by atoms with Crippen molar-refractivity contribution in [3.05, 3.63) is 12.2 Å². The molecule has 5 atom stereocenters. The number of rotatable bonds is 9. The maximum atomic E-state index is 13.2. The number of Topliss-reactive ketones (excluding diaryl/α,β-unsaturated/α-hetero) is 1. The fraction of sp³-hybridized carbons (Fsp3) is 0.903. The molecule has 0 N–H and O–H groups in total. The Balaban J connectivity index is 1.97. The highest BCUT2D eigenvalue weighted by molar-refractivity contribution is 6.74. The molecule has 3 saturated carbocycles. The summed E-state index contributed by atoms with van der Waals surface area (Å²) in [5.74, 6) is -0.283. The molecule has 3 aliphatic carbocycles. The fourth-order valence-electron chi connectivity index (χ4n) is 6.12. The highest BCUT2D eigenvalue weighted by Gasteiger charge is 2.63. The third-order valence-corrected chi connectivity index (χ3v) is 19.8. The molecule has 232 valence electrons. The van der Waals surface area contributed by atoms with Gasteiger partial charge >= 0.3 is 6.18 Å². The molecular weight excluding hydrogens is 550 g/mol. The number of carbonyl (C=O) groups excluding carboxylic acids is 1. The number of hydrogen-bond acceptors (Lipinski definition) is 4.